The SMILES string of the molecule is COC(=O)c1cc(F)ccc1NC(=O)C1NCCCC1C. The monoisotopic (exact) mass is 294 g/mol. The second kappa shape index (κ2) is 6.67. The molecule has 0 bridgehead atoms. The number of halogens is 1. The van der Waals surface area contributed by atoms with Crippen LogP contribution in [0.4, 0.5) is 10.1 Å². The molecule has 21 heavy (non-hydrogen) atoms. The summed E-state index contributed by atoms with van der Waals surface area (Å²) in [5.41, 5.74) is 0.266. The van der Waals surface area contributed by atoms with Crippen molar-refractivity contribution in [3.05, 3.63) is 29.6 Å². The number of hydrogen-bond acceptors (Lipinski definition) is 4. The second-order valence-electron chi connectivity index (χ2n) is 5.22. The molecule has 2 rings (SSSR count). The highest BCUT2D eigenvalue weighted by Gasteiger charge is 2.28. The highest BCUT2D eigenvalue weighted by Crippen LogP contribution is 2.21. The van der Waals surface area contributed by atoms with E-state index in [0.29, 0.717) is 0 Å². The van der Waals surface area contributed by atoms with Crippen molar-refractivity contribution in [1.82, 2.24) is 5.32 Å². The van der Waals surface area contributed by atoms with E-state index in [4.69, 9.17) is 0 Å². The minimum Gasteiger partial charge on any atom is -0.465 e. The first-order valence-corrected chi connectivity index (χ1v) is 6.95. The van der Waals surface area contributed by atoms with Gasteiger partial charge in [0.25, 0.3) is 0 Å². The molecule has 0 saturated carbocycles. The molecule has 0 radical (unpaired) electrons. The summed E-state index contributed by atoms with van der Waals surface area (Å²) in [4.78, 5) is 24.0. The fraction of sp³-hybridized carbons (Fsp3) is 0.467. The topological polar surface area (TPSA) is 67.4 Å². The van der Waals surface area contributed by atoms with Crippen LogP contribution in [-0.2, 0) is 9.53 Å². The molecule has 5 nitrogen and oxygen atoms in total. The van der Waals surface area contributed by atoms with Gasteiger partial charge in [0.15, 0.2) is 0 Å². The lowest BCUT2D eigenvalue weighted by molar-refractivity contribution is -0.119. The summed E-state index contributed by atoms with van der Waals surface area (Å²) in [6.07, 6.45) is 2.01. The van der Waals surface area contributed by atoms with Gasteiger partial charge in [-0.2, -0.15) is 0 Å². The maximum absolute atomic E-state index is 13.3. The number of nitrogens with one attached hydrogen (secondary N) is 2. The third-order valence-electron chi connectivity index (χ3n) is 3.70. The van der Waals surface area contributed by atoms with E-state index in [1.54, 1.807) is 0 Å². The average molecular weight is 294 g/mol. The lowest BCUT2D eigenvalue weighted by Gasteiger charge is -2.29. The molecule has 1 aromatic rings. The lowest BCUT2D eigenvalue weighted by Crippen LogP contribution is -2.48. The molecule has 6 heteroatoms. The van der Waals surface area contributed by atoms with E-state index in [1.807, 2.05) is 6.92 Å². The third-order valence-corrected chi connectivity index (χ3v) is 3.70. The molecular formula is C15H19FN2O3. The summed E-state index contributed by atoms with van der Waals surface area (Å²) in [5.74, 6) is -1.26. The molecule has 1 aliphatic heterocycles. The zero-order valence-electron chi connectivity index (χ0n) is 12.1. The van der Waals surface area contributed by atoms with Gasteiger partial charge in [0, 0.05) is 0 Å². The van der Waals surface area contributed by atoms with Gasteiger partial charge in [-0.05, 0) is 43.5 Å². The summed E-state index contributed by atoms with van der Waals surface area (Å²) >= 11 is 0. The Labute approximate surface area is 122 Å². The first kappa shape index (κ1) is 15.4. The highest BCUT2D eigenvalue weighted by molar-refractivity contribution is 6.02. The number of esters is 1. The van der Waals surface area contributed by atoms with Crippen molar-refractivity contribution in [2.45, 2.75) is 25.8 Å². The van der Waals surface area contributed by atoms with Crippen molar-refractivity contribution >= 4 is 17.6 Å². The Balaban J connectivity index is 2.18. The Hall–Kier alpha value is -1.95. The second-order valence-corrected chi connectivity index (χ2v) is 5.22. The van der Waals surface area contributed by atoms with E-state index in [0.717, 1.165) is 25.5 Å². The van der Waals surface area contributed by atoms with Crippen molar-refractivity contribution in [2.75, 3.05) is 19.0 Å². The van der Waals surface area contributed by atoms with Crippen LogP contribution in [0.1, 0.15) is 30.1 Å². The van der Waals surface area contributed by atoms with E-state index in [-0.39, 0.29) is 29.1 Å². The van der Waals surface area contributed by atoms with Crippen LogP contribution in [0.25, 0.3) is 0 Å². The number of carbonyl (C=O) groups is 2. The summed E-state index contributed by atoms with van der Waals surface area (Å²) in [6, 6.07) is 3.31. The molecule has 2 unspecified atom stereocenters. The molecule has 0 aromatic heterocycles. The largest absolute Gasteiger partial charge is 0.465 e. The van der Waals surface area contributed by atoms with E-state index < -0.39 is 11.8 Å². The van der Waals surface area contributed by atoms with E-state index in [9.17, 15) is 14.0 Å². The zero-order valence-corrected chi connectivity index (χ0v) is 12.1. The van der Waals surface area contributed by atoms with Gasteiger partial charge >= 0.3 is 5.97 Å². The quantitative estimate of drug-likeness (QED) is 0.836. The minimum absolute atomic E-state index is 0.00862. The van der Waals surface area contributed by atoms with Gasteiger partial charge < -0.3 is 15.4 Å². The Morgan fingerprint density at radius 3 is 2.86 bits per heavy atom. The summed E-state index contributed by atoms with van der Waals surface area (Å²) in [5, 5.41) is 5.84. The fourth-order valence-corrected chi connectivity index (χ4v) is 2.52. The molecular weight excluding hydrogens is 275 g/mol. The van der Waals surface area contributed by atoms with Crippen LogP contribution >= 0.6 is 0 Å². The number of hydrogen-bond donors (Lipinski definition) is 2. The van der Waals surface area contributed by atoms with Crippen LogP contribution in [0.15, 0.2) is 18.2 Å². The van der Waals surface area contributed by atoms with Crippen LogP contribution in [0, 0.1) is 11.7 Å². The summed E-state index contributed by atoms with van der Waals surface area (Å²) in [7, 11) is 1.21. The van der Waals surface area contributed by atoms with Crippen LogP contribution < -0.4 is 10.6 Å². The van der Waals surface area contributed by atoms with Gasteiger partial charge in [0.05, 0.1) is 24.4 Å². The van der Waals surface area contributed by atoms with Crippen molar-refractivity contribution < 1.29 is 18.7 Å². The molecule has 2 atom stereocenters. The van der Waals surface area contributed by atoms with Crippen molar-refractivity contribution in [3.63, 3.8) is 0 Å². The fourth-order valence-electron chi connectivity index (χ4n) is 2.52. The molecule has 2 N–H and O–H groups in total. The number of piperidine rings is 1. The highest BCUT2D eigenvalue weighted by atomic mass is 19.1. The van der Waals surface area contributed by atoms with E-state index in [2.05, 4.69) is 15.4 Å². The smallest absolute Gasteiger partial charge is 0.340 e. The lowest BCUT2D eigenvalue weighted by atomic mass is 9.92. The van der Waals surface area contributed by atoms with Crippen LogP contribution in [0.3, 0.4) is 0 Å². The molecule has 0 spiro atoms. The van der Waals surface area contributed by atoms with Gasteiger partial charge in [-0.25, -0.2) is 9.18 Å². The van der Waals surface area contributed by atoms with Crippen molar-refractivity contribution in [1.29, 1.82) is 0 Å². The number of carbonyl (C=O) groups excluding carboxylic acids is 2. The molecule has 1 amide bonds. The molecule has 1 fully saturated rings. The molecule has 1 aliphatic rings. The minimum atomic E-state index is -0.686. The van der Waals surface area contributed by atoms with E-state index >= 15 is 0 Å². The Morgan fingerprint density at radius 1 is 1.43 bits per heavy atom. The van der Waals surface area contributed by atoms with Gasteiger partial charge in [-0.3, -0.25) is 4.79 Å². The molecule has 0 aliphatic carbocycles. The number of rotatable bonds is 3. The van der Waals surface area contributed by atoms with Crippen molar-refractivity contribution in [3.8, 4) is 0 Å². The number of amides is 1. The van der Waals surface area contributed by atoms with Gasteiger partial charge in [0.1, 0.15) is 5.82 Å². The van der Waals surface area contributed by atoms with Gasteiger partial charge in [0.2, 0.25) is 5.91 Å². The first-order valence-electron chi connectivity index (χ1n) is 6.95. The standard InChI is InChI=1S/C15H19FN2O3/c1-9-4-3-7-17-13(9)14(19)18-12-6-5-10(16)8-11(12)15(20)21-2/h5-6,8-9,13,17H,3-4,7H2,1-2H3,(H,18,19). The Bertz CT molecular complexity index is 548. The first-order chi connectivity index (χ1) is 10.0. The van der Waals surface area contributed by atoms with Gasteiger partial charge in [-0.15, -0.1) is 0 Å². The van der Waals surface area contributed by atoms with Gasteiger partial charge in [-0.1, -0.05) is 6.92 Å². The van der Waals surface area contributed by atoms with Crippen molar-refractivity contribution in [2.24, 2.45) is 5.92 Å². The maximum atomic E-state index is 13.3. The third kappa shape index (κ3) is 3.58. The summed E-state index contributed by atoms with van der Waals surface area (Å²) < 4.78 is 17.9. The van der Waals surface area contributed by atoms with Crippen LogP contribution in [0.2, 0.25) is 0 Å². The average Bonchev–Trinajstić information content (AvgIpc) is 2.48. The summed E-state index contributed by atoms with van der Waals surface area (Å²) in [6.45, 7) is 2.79. The predicted molar refractivity (Wildman–Crippen MR) is 76.6 cm³/mol. The maximum Gasteiger partial charge on any atom is 0.340 e. The molecule has 1 heterocycles. The molecule has 1 saturated heterocycles. The number of ether oxygens (including phenoxy) is 1. The number of benzene rings is 1. The molecule has 114 valence electrons. The normalized spacial score (nSPS) is 21.7. The Morgan fingerprint density at radius 2 is 2.19 bits per heavy atom. The number of anilines is 1. The predicted octanol–water partition coefficient (Wildman–Crippen LogP) is 1.94. The Kier molecular flexibility index (Phi) is 4.90. The number of methoxy groups -OCH3 is 1. The van der Waals surface area contributed by atoms with Crippen LogP contribution in [0.5, 0.6) is 0 Å². The van der Waals surface area contributed by atoms with Crippen LogP contribution in [-0.4, -0.2) is 31.6 Å². The van der Waals surface area contributed by atoms with E-state index in [1.165, 1.54) is 19.2 Å². The zero-order chi connectivity index (χ0) is 15.4. The molecule has 1 aromatic carbocycles.